The van der Waals surface area contributed by atoms with Crippen molar-refractivity contribution in [2.45, 2.75) is 25.6 Å². The van der Waals surface area contributed by atoms with Gasteiger partial charge in [0.05, 0.1) is 30.5 Å². The summed E-state index contributed by atoms with van der Waals surface area (Å²) in [4.78, 5) is 19.6. The van der Waals surface area contributed by atoms with E-state index >= 15 is 0 Å². The molecular formula is C27H37N5O4S. The Balaban J connectivity index is 0.00000380. The number of nitrogens with one attached hydrogen (secondary N) is 1. The Morgan fingerprint density at radius 2 is 1.78 bits per heavy atom. The Labute approximate surface area is 221 Å². The van der Waals surface area contributed by atoms with Crippen LogP contribution in [0.15, 0.2) is 73.2 Å². The van der Waals surface area contributed by atoms with Crippen molar-refractivity contribution in [3.8, 4) is 0 Å². The van der Waals surface area contributed by atoms with Crippen LogP contribution in [-0.4, -0.2) is 86.0 Å². The topological polar surface area (TPSA) is 111 Å². The minimum Gasteiger partial charge on any atom is -0.412 e. The fraction of sp³-hybridized carbons (Fsp3) is 0.407. The fourth-order valence-corrected chi connectivity index (χ4v) is 5.28. The molecule has 200 valence electrons. The molecule has 2 aromatic carbocycles. The van der Waals surface area contributed by atoms with Gasteiger partial charge >= 0.3 is 0 Å². The number of piperazine rings is 1. The first-order valence-electron chi connectivity index (χ1n) is 12.3. The van der Waals surface area contributed by atoms with E-state index in [1.807, 2.05) is 61.1 Å². The van der Waals surface area contributed by atoms with E-state index in [4.69, 9.17) is 4.74 Å². The van der Waals surface area contributed by atoms with Crippen molar-refractivity contribution in [2.75, 3.05) is 45.6 Å². The number of carbonyl (C=O) groups excluding carboxylic acids is 1. The highest BCUT2D eigenvalue weighted by Gasteiger charge is 2.34. The third kappa shape index (κ3) is 8.58. The quantitative estimate of drug-likeness (QED) is 0.357. The monoisotopic (exact) mass is 527 g/mol. The number of imidazole rings is 1. The lowest BCUT2D eigenvalue weighted by Crippen LogP contribution is -2.59. The number of rotatable bonds is 12. The SMILES string of the molecule is CS(=O)N1CCN(CCOCc2ccccc2)CC1C(=O)NCCc1cncn1Cc1ccccc1.O. The summed E-state index contributed by atoms with van der Waals surface area (Å²) in [6.45, 7) is 5.03. The Morgan fingerprint density at radius 3 is 2.49 bits per heavy atom. The fourth-order valence-electron chi connectivity index (χ4n) is 4.42. The minimum absolute atomic E-state index is 0. The van der Waals surface area contributed by atoms with Gasteiger partial charge < -0.3 is 20.1 Å². The predicted octanol–water partition coefficient (Wildman–Crippen LogP) is 1.26. The van der Waals surface area contributed by atoms with Crippen LogP contribution in [-0.2, 0) is 40.1 Å². The summed E-state index contributed by atoms with van der Waals surface area (Å²) in [5, 5.41) is 3.06. The number of carbonyl (C=O) groups is 1. The molecule has 37 heavy (non-hydrogen) atoms. The molecule has 1 aliphatic rings. The summed E-state index contributed by atoms with van der Waals surface area (Å²) < 4.78 is 22.0. The van der Waals surface area contributed by atoms with Gasteiger partial charge in [-0.25, -0.2) is 13.5 Å². The molecule has 0 spiro atoms. The highest BCUT2D eigenvalue weighted by atomic mass is 32.2. The van der Waals surface area contributed by atoms with Crippen LogP contribution in [0.4, 0.5) is 0 Å². The lowest BCUT2D eigenvalue weighted by molar-refractivity contribution is -0.126. The molecule has 0 radical (unpaired) electrons. The van der Waals surface area contributed by atoms with Gasteiger partial charge in [-0.15, -0.1) is 0 Å². The van der Waals surface area contributed by atoms with Crippen molar-refractivity contribution in [1.29, 1.82) is 0 Å². The lowest BCUT2D eigenvalue weighted by atomic mass is 10.2. The van der Waals surface area contributed by atoms with E-state index in [0.29, 0.717) is 39.3 Å². The number of benzene rings is 2. The van der Waals surface area contributed by atoms with Crippen LogP contribution < -0.4 is 5.32 Å². The molecule has 3 aromatic rings. The van der Waals surface area contributed by atoms with Crippen LogP contribution in [0.25, 0.3) is 0 Å². The number of nitrogens with zero attached hydrogens (tertiary/aromatic N) is 4. The second kappa shape index (κ2) is 14.7. The van der Waals surface area contributed by atoms with Crippen LogP contribution >= 0.6 is 0 Å². The van der Waals surface area contributed by atoms with E-state index in [1.54, 1.807) is 10.6 Å². The molecule has 9 nitrogen and oxygen atoms in total. The molecule has 1 fully saturated rings. The van der Waals surface area contributed by atoms with Crippen LogP contribution in [0.3, 0.4) is 0 Å². The average molecular weight is 528 g/mol. The summed E-state index contributed by atoms with van der Waals surface area (Å²) in [5.41, 5.74) is 3.42. The Bertz CT molecular complexity index is 1110. The highest BCUT2D eigenvalue weighted by Crippen LogP contribution is 2.13. The van der Waals surface area contributed by atoms with E-state index in [9.17, 15) is 9.00 Å². The maximum Gasteiger partial charge on any atom is 0.239 e. The van der Waals surface area contributed by atoms with Crippen molar-refractivity contribution in [3.63, 3.8) is 0 Å². The van der Waals surface area contributed by atoms with E-state index in [2.05, 4.69) is 31.9 Å². The van der Waals surface area contributed by atoms with Gasteiger partial charge in [0.1, 0.15) is 6.04 Å². The predicted molar refractivity (Wildman–Crippen MR) is 145 cm³/mol. The van der Waals surface area contributed by atoms with Crippen LogP contribution in [0.1, 0.15) is 16.8 Å². The number of hydrogen-bond acceptors (Lipinski definition) is 5. The molecule has 10 heteroatoms. The summed E-state index contributed by atoms with van der Waals surface area (Å²) in [5.74, 6) is -0.0887. The zero-order chi connectivity index (χ0) is 25.2. The van der Waals surface area contributed by atoms with Crippen LogP contribution in [0.2, 0.25) is 0 Å². The van der Waals surface area contributed by atoms with Gasteiger partial charge in [-0.2, -0.15) is 0 Å². The van der Waals surface area contributed by atoms with Gasteiger partial charge in [0.15, 0.2) is 0 Å². The van der Waals surface area contributed by atoms with Crippen LogP contribution in [0.5, 0.6) is 0 Å². The summed E-state index contributed by atoms with van der Waals surface area (Å²) in [6.07, 6.45) is 5.99. The number of ether oxygens (including phenoxy) is 1. The Hall–Kier alpha value is -2.89. The molecule has 0 aliphatic carbocycles. The van der Waals surface area contributed by atoms with Gasteiger partial charge in [-0.3, -0.25) is 9.69 Å². The molecule has 1 aliphatic heterocycles. The van der Waals surface area contributed by atoms with Gasteiger partial charge in [0.2, 0.25) is 5.91 Å². The molecular weight excluding hydrogens is 490 g/mol. The normalized spacial score (nSPS) is 17.2. The van der Waals surface area contributed by atoms with Crippen LogP contribution in [0, 0.1) is 0 Å². The lowest BCUT2D eigenvalue weighted by Gasteiger charge is -2.38. The third-order valence-corrected chi connectivity index (χ3v) is 7.48. The van der Waals surface area contributed by atoms with Crippen molar-refractivity contribution in [2.24, 2.45) is 0 Å². The van der Waals surface area contributed by atoms with E-state index in [0.717, 1.165) is 30.9 Å². The Kier molecular flexibility index (Phi) is 11.4. The van der Waals surface area contributed by atoms with E-state index in [-0.39, 0.29) is 11.4 Å². The summed E-state index contributed by atoms with van der Waals surface area (Å²) in [7, 11) is -1.21. The molecule has 3 N–H and O–H groups in total. The second-order valence-electron chi connectivity index (χ2n) is 8.96. The number of hydrogen-bond donors (Lipinski definition) is 1. The number of amides is 1. The molecule has 1 saturated heterocycles. The average Bonchev–Trinajstić information content (AvgIpc) is 3.34. The molecule has 0 bridgehead atoms. The zero-order valence-corrected chi connectivity index (χ0v) is 22.1. The van der Waals surface area contributed by atoms with E-state index < -0.39 is 17.0 Å². The first-order chi connectivity index (χ1) is 17.6. The molecule has 2 heterocycles. The van der Waals surface area contributed by atoms with Gasteiger partial charge in [-0.1, -0.05) is 60.7 Å². The smallest absolute Gasteiger partial charge is 0.239 e. The molecule has 2 unspecified atom stereocenters. The first-order valence-corrected chi connectivity index (χ1v) is 13.9. The van der Waals surface area contributed by atoms with Crippen molar-refractivity contribution in [3.05, 3.63) is 90.0 Å². The molecule has 1 aromatic heterocycles. The highest BCUT2D eigenvalue weighted by molar-refractivity contribution is 7.81. The molecule has 1 amide bonds. The van der Waals surface area contributed by atoms with Crippen molar-refractivity contribution in [1.82, 2.24) is 24.1 Å². The second-order valence-corrected chi connectivity index (χ2v) is 10.3. The van der Waals surface area contributed by atoms with E-state index in [1.165, 1.54) is 5.56 Å². The standard InChI is InChI=1S/C27H35N5O3S.H2O/c1-36(34)32-15-14-30(16-17-35-21-24-10-6-3-7-11-24)20-26(32)27(33)29-13-12-25-18-28-22-31(25)19-23-8-4-2-5-9-23;/h2-11,18,22,26H,12-17,19-21H2,1H3,(H,29,33);1H2. The van der Waals surface area contributed by atoms with Gasteiger partial charge in [0.25, 0.3) is 0 Å². The summed E-state index contributed by atoms with van der Waals surface area (Å²) in [6, 6.07) is 19.9. The maximum absolute atomic E-state index is 13.1. The van der Waals surface area contributed by atoms with Crippen molar-refractivity contribution >= 4 is 16.9 Å². The number of aromatic nitrogens is 2. The van der Waals surface area contributed by atoms with Gasteiger partial charge in [-0.05, 0) is 11.1 Å². The van der Waals surface area contributed by atoms with Crippen molar-refractivity contribution < 1.29 is 19.2 Å². The zero-order valence-electron chi connectivity index (χ0n) is 21.3. The summed E-state index contributed by atoms with van der Waals surface area (Å²) >= 11 is 0. The van der Waals surface area contributed by atoms with Gasteiger partial charge in [0, 0.05) is 63.8 Å². The molecule has 4 rings (SSSR count). The largest absolute Gasteiger partial charge is 0.412 e. The minimum atomic E-state index is -1.21. The first kappa shape index (κ1) is 28.7. The third-order valence-electron chi connectivity index (χ3n) is 6.39. The molecule has 0 saturated carbocycles. The molecule has 2 atom stereocenters. The Morgan fingerprint density at radius 1 is 1.08 bits per heavy atom. The maximum atomic E-state index is 13.1.